The molecule has 13 heavy (non-hydrogen) atoms. The topological polar surface area (TPSA) is 51.4 Å². The third kappa shape index (κ3) is 3.04. The van der Waals surface area contributed by atoms with Crippen LogP contribution in [0.5, 0.6) is 0 Å². The highest BCUT2D eigenvalue weighted by atomic mass is 32.1. The smallest absolute Gasteiger partial charge is 0.109 e. The summed E-state index contributed by atoms with van der Waals surface area (Å²) >= 11 is 1.59. The molecule has 0 aromatic carbocycles. The molecule has 5 heteroatoms. The van der Waals surface area contributed by atoms with E-state index >= 15 is 0 Å². The minimum absolute atomic E-state index is 0.0200. The van der Waals surface area contributed by atoms with Gasteiger partial charge in [-0.15, -0.1) is 11.3 Å². The second kappa shape index (κ2) is 4.66. The molecule has 74 valence electrons. The standard InChI is InChI=1S/C8H15N3OS/c1-6(9)8-10-7(5-13-8)4-11(2)12-3/h5-6H,4,9H2,1-3H3. The SMILES string of the molecule is CON(C)Cc1csc(C(C)N)n1. The van der Waals surface area contributed by atoms with Gasteiger partial charge in [-0.05, 0) is 6.92 Å². The van der Waals surface area contributed by atoms with E-state index in [9.17, 15) is 0 Å². The summed E-state index contributed by atoms with van der Waals surface area (Å²) in [5.74, 6) is 0. The average molecular weight is 201 g/mol. The number of aromatic nitrogens is 1. The predicted octanol–water partition coefficient (Wildman–Crippen LogP) is 1.16. The molecule has 1 atom stereocenters. The first-order valence-electron chi connectivity index (χ1n) is 4.08. The van der Waals surface area contributed by atoms with Gasteiger partial charge in [0.1, 0.15) is 5.01 Å². The van der Waals surface area contributed by atoms with Crippen molar-refractivity contribution in [3.8, 4) is 0 Å². The Kier molecular flexibility index (Phi) is 3.80. The average Bonchev–Trinajstić information content (AvgIpc) is 2.52. The molecule has 1 unspecified atom stereocenters. The summed E-state index contributed by atoms with van der Waals surface area (Å²) in [6, 6.07) is 0.0200. The first-order chi connectivity index (χ1) is 6.13. The van der Waals surface area contributed by atoms with Crippen LogP contribution in [-0.2, 0) is 11.4 Å². The predicted molar refractivity (Wildman–Crippen MR) is 53.2 cm³/mol. The molecule has 0 radical (unpaired) electrons. The Morgan fingerprint density at radius 3 is 2.92 bits per heavy atom. The highest BCUT2D eigenvalue weighted by Crippen LogP contribution is 2.16. The molecule has 0 spiro atoms. The molecule has 0 saturated carbocycles. The van der Waals surface area contributed by atoms with Crippen molar-refractivity contribution < 1.29 is 4.84 Å². The molecule has 0 amide bonds. The van der Waals surface area contributed by atoms with Gasteiger partial charge < -0.3 is 10.6 Å². The van der Waals surface area contributed by atoms with Gasteiger partial charge in [0.05, 0.1) is 25.4 Å². The molecule has 1 heterocycles. The van der Waals surface area contributed by atoms with E-state index in [1.54, 1.807) is 23.5 Å². The summed E-state index contributed by atoms with van der Waals surface area (Å²) in [6.07, 6.45) is 0. The number of nitrogens with zero attached hydrogens (tertiary/aromatic N) is 2. The van der Waals surface area contributed by atoms with Crippen molar-refractivity contribution in [2.45, 2.75) is 19.5 Å². The van der Waals surface area contributed by atoms with Crippen LogP contribution in [0, 0.1) is 0 Å². The van der Waals surface area contributed by atoms with Crippen molar-refractivity contribution in [3.63, 3.8) is 0 Å². The maximum atomic E-state index is 5.69. The van der Waals surface area contributed by atoms with Gasteiger partial charge in [-0.2, -0.15) is 5.06 Å². The van der Waals surface area contributed by atoms with E-state index in [0.717, 1.165) is 10.7 Å². The third-order valence-electron chi connectivity index (χ3n) is 1.66. The molecule has 4 nitrogen and oxygen atoms in total. The van der Waals surface area contributed by atoms with Crippen LogP contribution in [-0.4, -0.2) is 24.2 Å². The molecule has 0 fully saturated rings. The number of rotatable bonds is 4. The lowest BCUT2D eigenvalue weighted by Crippen LogP contribution is -2.16. The molecule has 1 aromatic heterocycles. The van der Waals surface area contributed by atoms with Crippen LogP contribution in [0.15, 0.2) is 5.38 Å². The fraction of sp³-hybridized carbons (Fsp3) is 0.625. The Morgan fingerprint density at radius 1 is 1.77 bits per heavy atom. The van der Waals surface area contributed by atoms with Gasteiger partial charge in [-0.3, -0.25) is 0 Å². The Hall–Kier alpha value is -0.490. The second-order valence-electron chi connectivity index (χ2n) is 2.93. The Balaban J connectivity index is 2.58. The van der Waals surface area contributed by atoms with E-state index in [0.29, 0.717) is 6.54 Å². The second-order valence-corrected chi connectivity index (χ2v) is 3.82. The van der Waals surface area contributed by atoms with Crippen LogP contribution < -0.4 is 5.73 Å². The van der Waals surface area contributed by atoms with Crippen molar-refractivity contribution in [1.29, 1.82) is 0 Å². The lowest BCUT2D eigenvalue weighted by Gasteiger charge is -2.10. The summed E-state index contributed by atoms with van der Waals surface area (Å²) in [4.78, 5) is 9.36. The molecule has 0 aliphatic carbocycles. The minimum Gasteiger partial charge on any atom is -0.322 e. The largest absolute Gasteiger partial charge is 0.322 e. The van der Waals surface area contributed by atoms with Crippen LogP contribution >= 0.6 is 11.3 Å². The highest BCUT2D eigenvalue weighted by Gasteiger charge is 2.07. The summed E-state index contributed by atoms with van der Waals surface area (Å²) in [5, 5.41) is 4.70. The molecule has 0 aliphatic rings. The summed E-state index contributed by atoms with van der Waals surface area (Å²) in [5.41, 5.74) is 6.69. The molecule has 0 aliphatic heterocycles. The molecule has 2 N–H and O–H groups in total. The fourth-order valence-electron chi connectivity index (χ4n) is 0.897. The molecule has 1 aromatic rings. The van der Waals surface area contributed by atoms with Crippen LogP contribution in [0.2, 0.25) is 0 Å². The van der Waals surface area contributed by atoms with Crippen LogP contribution in [0.25, 0.3) is 0 Å². The zero-order valence-corrected chi connectivity index (χ0v) is 8.97. The Bertz CT molecular complexity index is 262. The highest BCUT2D eigenvalue weighted by molar-refractivity contribution is 7.09. The third-order valence-corrected chi connectivity index (χ3v) is 2.75. The molecule has 0 bridgehead atoms. The van der Waals surface area contributed by atoms with Crippen LogP contribution in [0.4, 0.5) is 0 Å². The van der Waals surface area contributed by atoms with E-state index in [4.69, 9.17) is 10.6 Å². The van der Waals surface area contributed by atoms with E-state index in [1.165, 1.54) is 0 Å². The maximum absolute atomic E-state index is 5.69. The quantitative estimate of drug-likeness (QED) is 0.743. The monoisotopic (exact) mass is 201 g/mol. The molecule has 1 rings (SSSR count). The Morgan fingerprint density at radius 2 is 2.46 bits per heavy atom. The van der Waals surface area contributed by atoms with Gasteiger partial charge >= 0.3 is 0 Å². The van der Waals surface area contributed by atoms with Crippen LogP contribution in [0.1, 0.15) is 23.7 Å². The zero-order chi connectivity index (χ0) is 9.84. The zero-order valence-electron chi connectivity index (χ0n) is 8.15. The number of hydrogen-bond donors (Lipinski definition) is 1. The number of hydrogen-bond acceptors (Lipinski definition) is 5. The van der Waals surface area contributed by atoms with Crippen molar-refractivity contribution >= 4 is 11.3 Å². The maximum Gasteiger partial charge on any atom is 0.109 e. The fourth-order valence-corrected chi connectivity index (χ4v) is 1.67. The van der Waals surface area contributed by atoms with Gasteiger partial charge in [0.15, 0.2) is 0 Å². The van der Waals surface area contributed by atoms with Gasteiger partial charge in [0.2, 0.25) is 0 Å². The normalized spacial score (nSPS) is 13.6. The minimum atomic E-state index is 0.0200. The lowest BCUT2D eigenvalue weighted by atomic mass is 10.4. The van der Waals surface area contributed by atoms with E-state index < -0.39 is 0 Å². The van der Waals surface area contributed by atoms with Gasteiger partial charge in [-0.1, -0.05) is 0 Å². The van der Waals surface area contributed by atoms with Gasteiger partial charge in [-0.25, -0.2) is 4.98 Å². The van der Waals surface area contributed by atoms with Crippen LogP contribution in [0.3, 0.4) is 0 Å². The number of nitrogens with two attached hydrogens (primary N) is 1. The van der Waals surface area contributed by atoms with Gasteiger partial charge in [0, 0.05) is 12.4 Å². The van der Waals surface area contributed by atoms with Crippen molar-refractivity contribution in [3.05, 3.63) is 16.1 Å². The van der Waals surface area contributed by atoms with Gasteiger partial charge in [0.25, 0.3) is 0 Å². The number of hydroxylamine groups is 2. The van der Waals surface area contributed by atoms with E-state index in [1.807, 2.05) is 19.4 Å². The summed E-state index contributed by atoms with van der Waals surface area (Å²) in [6.45, 7) is 2.63. The van der Waals surface area contributed by atoms with Crippen molar-refractivity contribution in [2.24, 2.45) is 5.73 Å². The number of thiazole rings is 1. The van der Waals surface area contributed by atoms with E-state index in [2.05, 4.69) is 4.98 Å². The molecular weight excluding hydrogens is 186 g/mol. The lowest BCUT2D eigenvalue weighted by molar-refractivity contribution is -0.117. The first kappa shape index (κ1) is 10.6. The van der Waals surface area contributed by atoms with Crippen molar-refractivity contribution in [1.82, 2.24) is 10.0 Å². The molecule has 0 saturated heterocycles. The molecular formula is C8H15N3OS. The summed E-state index contributed by atoms with van der Waals surface area (Å²) in [7, 11) is 3.50. The first-order valence-corrected chi connectivity index (χ1v) is 4.96. The van der Waals surface area contributed by atoms with E-state index in [-0.39, 0.29) is 6.04 Å². The summed E-state index contributed by atoms with van der Waals surface area (Å²) < 4.78 is 0. The Labute approximate surface area is 82.3 Å². The van der Waals surface area contributed by atoms with Crippen molar-refractivity contribution in [2.75, 3.05) is 14.2 Å².